The second-order valence-corrected chi connectivity index (χ2v) is 3.04. The van der Waals surface area contributed by atoms with Gasteiger partial charge in [0.1, 0.15) is 0 Å². The van der Waals surface area contributed by atoms with E-state index in [4.69, 9.17) is 0 Å². The molecule has 2 nitrogen and oxygen atoms in total. The number of aromatic carboxylic acids is 1. The monoisotopic (exact) mass is 245 g/mol. The number of rotatable bonds is 1. The first-order valence-electron chi connectivity index (χ1n) is 2.67. The fourth-order valence-electron chi connectivity index (χ4n) is 0.615. The van der Waals surface area contributed by atoms with E-state index in [9.17, 15) is 9.90 Å². The molecule has 0 N–H and O–H groups in total. The van der Waals surface area contributed by atoms with E-state index in [1.807, 2.05) is 28.7 Å². The maximum atomic E-state index is 10.2. The molecule has 0 unspecified atom stereocenters. The highest BCUT2D eigenvalue weighted by Gasteiger charge is 1.91. The smallest absolute Gasteiger partial charge is 0.0715 e. The predicted molar refractivity (Wildman–Crippen MR) is 43.5 cm³/mol. The fourth-order valence-corrected chi connectivity index (χ4v) is 1.16. The molecular weight excluding hydrogens is 241 g/mol. The van der Waals surface area contributed by atoms with E-state index in [1.165, 1.54) is 6.07 Å². The van der Waals surface area contributed by atoms with Crippen molar-refractivity contribution in [3.8, 4) is 0 Å². The van der Waals surface area contributed by atoms with Crippen LogP contribution in [-0.2, 0) is 0 Å². The van der Waals surface area contributed by atoms with Crippen LogP contribution in [0.15, 0.2) is 24.3 Å². The molecule has 0 radical (unpaired) electrons. The van der Waals surface area contributed by atoms with E-state index in [1.54, 1.807) is 12.1 Å². The average Bonchev–Trinajstić information content (AvgIpc) is 1.88. The average molecular weight is 245 g/mol. The molecule has 0 bridgehead atoms. The Morgan fingerprint density at radius 3 is 2.60 bits per heavy atom. The van der Waals surface area contributed by atoms with Gasteiger partial charge in [-0.3, -0.25) is 0 Å². The van der Waals surface area contributed by atoms with Gasteiger partial charge < -0.3 is 9.90 Å². The maximum absolute atomic E-state index is 10.2. The maximum Gasteiger partial charge on any atom is 0.0715 e. The molecule has 0 aromatic heterocycles. The summed E-state index contributed by atoms with van der Waals surface area (Å²) in [7, 11) is 0. The van der Waals surface area contributed by atoms with Gasteiger partial charge in [0, 0.05) is 3.57 Å². The summed E-state index contributed by atoms with van der Waals surface area (Å²) in [5, 5.41) is 10.2. The van der Waals surface area contributed by atoms with Crippen molar-refractivity contribution in [2.24, 2.45) is 0 Å². The molecule has 1 aromatic carbocycles. The molecule has 0 atom stereocenters. The molecule has 0 aliphatic carbocycles. The molecule has 0 aliphatic rings. The molecule has 1 aromatic rings. The van der Waals surface area contributed by atoms with Crippen molar-refractivity contribution in [3.63, 3.8) is 0 Å². The Labute approximate surface area is 72.0 Å². The van der Waals surface area contributed by atoms with Gasteiger partial charge in [0.05, 0.1) is 5.97 Å². The lowest BCUT2D eigenvalue weighted by Crippen LogP contribution is -2.22. The Morgan fingerprint density at radius 1 is 1.50 bits per heavy atom. The lowest BCUT2D eigenvalue weighted by molar-refractivity contribution is -0.255. The third kappa shape index (κ3) is 1.70. The van der Waals surface area contributed by atoms with Crippen LogP contribution < -0.4 is 5.11 Å². The van der Waals surface area contributed by atoms with Crippen LogP contribution in [0.4, 0.5) is 0 Å². The number of hydrogen-bond acceptors (Lipinski definition) is 2. The van der Waals surface area contributed by atoms with E-state index in [0.29, 0.717) is 0 Å². The minimum atomic E-state index is -1.13. The van der Waals surface area contributed by atoms with Gasteiger partial charge in [0.25, 0.3) is 0 Å². The summed E-state index contributed by atoms with van der Waals surface area (Å²) in [6, 6.07) is 6.59. The highest BCUT2D eigenvalue weighted by Crippen LogP contribution is 2.06. The summed E-state index contributed by atoms with van der Waals surface area (Å²) >= 11 is 2.05. The number of carboxylic acid groups (broad SMARTS) is 1. The summed E-state index contributed by atoms with van der Waals surface area (Å²) < 4.78 is 0.902. The van der Waals surface area contributed by atoms with Crippen molar-refractivity contribution < 1.29 is 9.90 Å². The van der Waals surface area contributed by atoms with Crippen molar-refractivity contribution in [3.05, 3.63) is 33.4 Å². The number of halogens is 1. The minimum Gasteiger partial charge on any atom is -0.545 e. The third-order valence-corrected chi connectivity index (χ3v) is 1.73. The van der Waals surface area contributed by atoms with Crippen LogP contribution in [0.5, 0.6) is 0 Å². The van der Waals surface area contributed by atoms with Crippen molar-refractivity contribution in [1.82, 2.24) is 0 Å². The van der Waals surface area contributed by atoms with Gasteiger partial charge in [-0.1, -0.05) is 12.1 Å². The van der Waals surface area contributed by atoms with E-state index < -0.39 is 5.97 Å². The van der Waals surface area contributed by atoms with Crippen LogP contribution in [0.2, 0.25) is 0 Å². The van der Waals surface area contributed by atoms with Crippen molar-refractivity contribution >= 4 is 28.6 Å². The molecule has 1 rings (SSSR count). The van der Waals surface area contributed by atoms with Gasteiger partial charge in [-0.15, -0.1) is 0 Å². The summed E-state index contributed by atoms with van der Waals surface area (Å²) in [5.41, 5.74) is 0.229. The summed E-state index contributed by atoms with van der Waals surface area (Å²) in [6.07, 6.45) is 0. The first kappa shape index (κ1) is 7.53. The number of carboxylic acids is 1. The third-order valence-electron chi connectivity index (χ3n) is 1.06. The van der Waals surface area contributed by atoms with Crippen LogP contribution in [0, 0.1) is 3.57 Å². The molecule has 0 amide bonds. The lowest BCUT2D eigenvalue weighted by atomic mass is 10.2. The Morgan fingerprint density at radius 2 is 2.20 bits per heavy atom. The van der Waals surface area contributed by atoms with Gasteiger partial charge in [-0.25, -0.2) is 0 Å². The summed E-state index contributed by atoms with van der Waals surface area (Å²) in [4.78, 5) is 10.2. The van der Waals surface area contributed by atoms with Crippen LogP contribution in [0.25, 0.3) is 0 Å². The zero-order valence-electron chi connectivity index (χ0n) is 5.00. The highest BCUT2D eigenvalue weighted by molar-refractivity contribution is 14.1. The molecule has 3 heteroatoms. The SMILES string of the molecule is O=C([O-])c1cccc([125I])c1. The molecule has 0 fully saturated rings. The highest BCUT2D eigenvalue weighted by atomic mass is 125. The minimum absolute atomic E-state index is 0.229. The van der Waals surface area contributed by atoms with E-state index in [-0.39, 0.29) is 5.56 Å². The van der Waals surface area contributed by atoms with Gasteiger partial charge in [0.2, 0.25) is 0 Å². The van der Waals surface area contributed by atoms with Crippen molar-refractivity contribution in [1.29, 1.82) is 0 Å². The van der Waals surface area contributed by atoms with E-state index in [0.717, 1.165) is 3.57 Å². The standard InChI is InChI=1S/C7H5IO2/c8-6-3-1-2-5(4-6)7(9)10/h1-4H,(H,9,10)/p-1/i8-2. The second kappa shape index (κ2) is 3.01. The summed E-state index contributed by atoms with van der Waals surface area (Å²) in [6.45, 7) is 0. The summed E-state index contributed by atoms with van der Waals surface area (Å²) in [5.74, 6) is -1.13. The van der Waals surface area contributed by atoms with Crippen LogP contribution in [-0.4, -0.2) is 5.97 Å². The normalized spacial score (nSPS) is 9.30. The number of carbonyl (C=O) groups excluding carboxylic acids is 1. The molecule has 0 saturated heterocycles. The Kier molecular flexibility index (Phi) is 2.26. The van der Waals surface area contributed by atoms with Crippen LogP contribution in [0.1, 0.15) is 10.4 Å². The first-order valence-corrected chi connectivity index (χ1v) is 3.75. The zero-order valence-corrected chi connectivity index (χ0v) is 7.16. The van der Waals surface area contributed by atoms with Gasteiger partial charge >= 0.3 is 0 Å². The van der Waals surface area contributed by atoms with Crippen LogP contribution in [0.3, 0.4) is 0 Å². The molecule has 0 spiro atoms. The fraction of sp³-hybridized carbons (Fsp3) is 0. The van der Waals surface area contributed by atoms with Gasteiger partial charge in [-0.05, 0) is 40.3 Å². The Hall–Kier alpha value is -0.580. The lowest BCUT2D eigenvalue weighted by Gasteiger charge is -2.00. The topological polar surface area (TPSA) is 40.1 Å². The van der Waals surface area contributed by atoms with E-state index in [2.05, 4.69) is 0 Å². The zero-order chi connectivity index (χ0) is 7.56. The first-order chi connectivity index (χ1) is 4.70. The van der Waals surface area contributed by atoms with Gasteiger partial charge in [-0.2, -0.15) is 0 Å². The molecule has 10 heavy (non-hydrogen) atoms. The molecule has 0 saturated carbocycles. The molecule has 0 heterocycles. The number of hydrogen-bond donors (Lipinski definition) is 0. The Balaban J connectivity index is 3.07. The van der Waals surface area contributed by atoms with Gasteiger partial charge in [0.15, 0.2) is 0 Å². The number of benzene rings is 1. The predicted octanol–water partition coefficient (Wildman–Crippen LogP) is 0.655. The quantitative estimate of drug-likeness (QED) is 0.681. The van der Waals surface area contributed by atoms with E-state index >= 15 is 0 Å². The molecule has 52 valence electrons. The molecule has 0 aliphatic heterocycles. The van der Waals surface area contributed by atoms with Crippen molar-refractivity contribution in [2.75, 3.05) is 0 Å². The van der Waals surface area contributed by atoms with Crippen molar-refractivity contribution in [2.45, 2.75) is 0 Å². The second-order valence-electron chi connectivity index (χ2n) is 1.80. The Bertz CT molecular complexity index is 258. The number of carbonyl (C=O) groups is 1. The molecular formula is C7H4IO2-. The largest absolute Gasteiger partial charge is 0.545 e. The van der Waals surface area contributed by atoms with Crippen LogP contribution >= 0.6 is 22.6 Å².